The number of aryl methyl sites for hydroxylation is 1. The second-order valence-corrected chi connectivity index (χ2v) is 9.84. The highest BCUT2D eigenvalue weighted by Crippen LogP contribution is 2.22. The number of carbonyl (C=O) groups excluding carboxylic acids is 1. The Morgan fingerprint density at radius 3 is 2.26 bits per heavy atom. The van der Waals surface area contributed by atoms with Gasteiger partial charge in [-0.25, -0.2) is 23.7 Å². The van der Waals surface area contributed by atoms with Crippen molar-refractivity contribution < 1.29 is 13.6 Å². The normalized spacial score (nSPS) is 13.4. The summed E-state index contributed by atoms with van der Waals surface area (Å²) in [5.41, 5.74) is 1.94. The van der Waals surface area contributed by atoms with Crippen molar-refractivity contribution in [3.05, 3.63) is 112 Å². The predicted octanol–water partition coefficient (Wildman–Crippen LogP) is 3.41. The van der Waals surface area contributed by atoms with Crippen molar-refractivity contribution in [3.8, 4) is 5.69 Å². The van der Waals surface area contributed by atoms with Gasteiger partial charge >= 0.3 is 0 Å². The summed E-state index contributed by atoms with van der Waals surface area (Å²) in [7, 11) is 0. The van der Waals surface area contributed by atoms with E-state index in [1.54, 1.807) is 48.8 Å². The first-order valence-corrected chi connectivity index (χ1v) is 13.4. The molecule has 4 heterocycles. The van der Waals surface area contributed by atoms with Crippen LogP contribution in [0.15, 0.2) is 77.9 Å². The molecule has 1 aliphatic rings. The summed E-state index contributed by atoms with van der Waals surface area (Å²) in [6, 6.07) is 14.6. The van der Waals surface area contributed by atoms with Gasteiger partial charge in [0.2, 0.25) is 11.9 Å². The lowest BCUT2D eigenvalue weighted by atomic mass is 10.1. The van der Waals surface area contributed by atoms with Crippen LogP contribution in [0.5, 0.6) is 0 Å². The lowest BCUT2D eigenvalue weighted by Gasteiger charge is -2.34. The molecule has 12 heteroatoms. The molecule has 0 atom stereocenters. The first-order chi connectivity index (χ1) is 20.4. The molecule has 0 unspecified atom stereocenters. The van der Waals surface area contributed by atoms with E-state index in [0.29, 0.717) is 55.0 Å². The molecule has 1 saturated heterocycles. The number of anilines is 2. The van der Waals surface area contributed by atoms with Gasteiger partial charge in [-0.1, -0.05) is 6.07 Å². The largest absolute Gasteiger partial charge is 0.348 e. The van der Waals surface area contributed by atoms with Crippen LogP contribution >= 0.6 is 0 Å². The molecule has 1 aliphatic heterocycles. The number of halogens is 2. The van der Waals surface area contributed by atoms with Crippen molar-refractivity contribution in [2.24, 2.45) is 0 Å². The second-order valence-electron chi connectivity index (χ2n) is 9.84. The Labute approximate surface area is 239 Å². The molecule has 2 aromatic carbocycles. The maximum atomic E-state index is 13.9. The number of carbonyl (C=O) groups is 1. The zero-order valence-electron chi connectivity index (χ0n) is 22.7. The molecule has 0 bridgehead atoms. The molecule has 10 nitrogen and oxygen atoms in total. The fourth-order valence-electron chi connectivity index (χ4n) is 4.91. The van der Waals surface area contributed by atoms with Gasteiger partial charge in [-0.2, -0.15) is 4.98 Å². The number of fused-ring (bicyclic) bond motifs is 1. The molecular weight excluding hydrogens is 542 g/mol. The summed E-state index contributed by atoms with van der Waals surface area (Å²) in [5.74, 6) is -0.644. The molecular formula is C30H26F2N8O2. The topological polar surface area (TPSA) is 109 Å². The van der Waals surface area contributed by atoms with Crippen molar-refractivity contribution in [2.45, 2.75) is 13.5 Å². The number of benzene rings is 2. The van der Waals surface area contributed by atoms with E-state index < -0.39 is 17.5 Å². The summed E-state index contributed by atoms with van der Waals surface area (Å²) >= 11 is 0. The average molecular weight is 569 g/mol. The molecule has 1 fully saturated rings. The molecule has 0 saturated carbocycles. The first-order valence-electron chi connectivity index (χ1n) is 13.4. The van der Waals surface area contributed by atoms with E-state index in [9.17, 15) is 18.4 Å². The summed E-state index contributed by atoms with van der Waals surface area (Å²) in [5, 5.41) is 3.37. The molecule has 0 spiro atoms. The molecule has 0 radical (unpaired) electrons. The summed E-state index contributed by atoms with van der Waals surface area (Å²) in [6.45, 7) is 4.50. The van der Waals surface area contributed by atoms with Crippen LogP contribution in [-0.4, -0.2) is 56.6 Å². The van der Waals surface area contributed by atoms with Crippen molar-refractivity contribution in [3.63, 3.8) is 0 Å². The van der Waals surface area contributed by atoms with Crippen LogP contribution in [0.25, 0.3) is 16.7 Å². The van der Waals surface area contributed by atoms with Crippen molar-refractivity contribution in [1.29, 1.82) is 0 Å². The zero-order valence-corrected chi connectivity index (χ0v) is 22.7. The standard InChI is InChI=1S/C30H26F2N8O2/c1-19-24-9-10-26(41)40(23-7-4-20(5-8-23)28(42)35-18-21-3-6-22(31)17-25(21)32)27(24)37-30(36-19)39-15-13-38(14-16-39)29-33-11-2-12-34-29/h2-12,17H,13-16,18H2,1H3,(H,35,42). The Morgan fingerprint density at radius 1 is 0.881 bits per heavy atom. The minimum Gasteiger partial charge on any atom is -0.348 e. The Kier molecular flexibility index (Phi) is 7.26. The number of pyridine rings is 1. The number of nitrogens with one attached hydrogen (secondary N) is 1. The smallest absolute Gasteiger partial charge is 0.256 e. The highest BCUT2D eigenvalue weighted by atomic mass is 19.1. The van der Waals surface area contributed by atoms with Crippen LogP contribution in [0, 0.1) is 18.6 Å². The van der Waals surface area contributed by atoms with E-state index in [1.165, 1.54) is 16.7 Å². The molecule has 1 amide bonds. The van der Waals surface area contributed by atoms with E-state index >= 15 is 0 Å². The van der Waals surface area contributed by atoms with Gasteiger partial charge in [0, 0.05) is 73.8 Å². The summed E-state index contributed by atoms with van der Waals surface area (Å²) in [6.07, 6.45) is 3.44. The Balaban J connectivity index is 1.24. The van der Waals surface area contributed by atoms with Gasteiger partial charge in [0.15, 0.2) is 5.65 Å². The number of rotatable bonds is 6. The third kappa shape index (κ3) is 5.38. The van der Waals surface area contributed by atoms with Gasteiger partial charge in [0.1, 0.15) is 11.6 Å². The van der Waals surface area contributed by atoms with E-state index in [-0.39, 0.29) is 17.7 Å². The molecule has 6 rings (SSSR count). The van der Waals surface area contributed by atoms with E-state index in [2.05, 4.69) is 25.1 Å². The maximum absolute atomic E-state index is 13.9. The molecule has 5 aromatic rings. The SMILES string of the molecule is Cc1nc(N2CCN(c3ncccn3)CC2)nc2c1ccc(=O)n2-c1ccc(C(=O)NCc2ccc(F)cc2F)cc1. The molecule has 42 heavy (non-hydrogen) atoms. The number of nitrogens with zero attached hydrogens (tertiary/aromatic N) is 7. The third-order valence-corrected chi connectivity index (χ3v) is 7.17. The number of hydrogen-bond acceptors (Lipinski definition) is 8. The minimum absolute atomic E-state index is 0.0961. The van der Waals surface area contributed by atoms with Gasteiger partial charge < -0.3 is 15.1 Å². The minimum atomic E-state index is -0.732. The fraction of sp³-hybridized carbons (Fsp3) is 0.200. The Morgan fingerprint density at radius 2 is 1.57 bits per heavy atom. The highest BCUT2D eigenvalue weighted by molar-refractivity contribution is 5.94. The lowest BCUT2D eigenvalue weighted by molar-refractivity contribution is 0.0950. The quantitative estimate of drug-likeness (QED) is 0.332. The van der Waals surface area contributed by atoms with Crippen molar-refractivity contribution in [1.82, 2.24) is 29.8 Å². The van der Waals surface area contributed by atoms with Crippen LogP contribution in [0.1, 0.15) is 21.6 Å². The van der Waals surface area contributed by atoms with Gasteiger partial charge in [-0.15, -0.1) is 0 Å². The number of amides is 1. The average Bonchev–Trinajstić information content (AvgIpc) is 3.01. The third-order valence-electron chi connectivity index (χ3n) is 7.17. The number of piperazine rings is 1. The summed E-state index contributed by atoms with van der Waals surface area (Å²) < 4.78 is 28.6. The number of aromatic nitrogens is 5. The summed E-state index contributed by atoms with van der Waals surface area (Å²) in [4.78, 5) is 48.2. The van der Waals surface area contributed by atoms with E-state index in [0.717, 1.165) is 23.2 Å². The van der Waals surface area contributed by atoms with Gasteiger partial charge in [0.05, 0.1) is 11.4 Å². The highest BCUT2D eigenvalue weighted by Gasteiger charge is 2.22. The monoisotopic (exact) mass is 568 g/mol. The van der Waals surface area contributed by atoms with Gasteiger partial charge in [0.25, 0.3) is 11.5 Å². The Hall–Kier alpha value is -5.26. The van der Waals surface area contributed by atoms with Gasteiger partial charge in [-0.05, 0) is 49.4 Å². The van der Waals surface area contributed by atoms with Gasteiger partial charge in [-0.3, -0.25) is 14.2 Å². The van der Waals surface area contributed by atoms with Crippen molar-refractivity contribution in [2.75, 3.05) is 36.0 Å². The van der Waals surface area contributed by atoms with Crippen LogP contribution < -0.4 is 20.7 Å². The molecule has 3 aromatic heterocycles. The van der Waals surface area contributed by atoms with E-state index in [4.69, 9.17) is 9.97 Å². The van der Waals surface area contributed by atoms with Crippen LogP contribution in [0.3, 0.4) is 0 Å². The maximum Gasteiger partial charge on any atom is 0.256 e. The van der Waals surface area contributed by atoms with Crippen LogP contribution in [-0.2, 0) is 6.54 Å². The first kappa shape index (κ1) is 26.9. The lowest BCUT2D eigenvalue weighted by Crippen LogP contribution is -2.47. The zero-order chi connectivity index (χ0) is 29.2. The van der Waals surface area contributed by atoms with E-state index in [1.807, 2.05) is 6.92 Å². The Bertz CT molecular complexity index is 1820. The molecule has 212 valence electrons. The fourth-order valence-corrected chi connectivity index (χ4v) is 4.91. The van der Waals surface area contributed by atoms with Crippen LogP contribution in [0.2, 0.25) is 0 Å². The number of hydrogen-bond donors (Lipinski definition) is 1. The van der Waals surface area contributed by atoms with Crippen LogP contribution in [0.4, 0.5) is 20.7 Å². The molecule has 1 N–H and O–H groups in total. The molecule has 0 aliphatic carbocycles. The van der Waals surface area contributed by atoms with Crippen molar-refractivity contribution >= 4 is 28.8 Å². The second kappa shape index (κ2) is 11.3. The predicted molar refractivity (Wildman–Crippen MR) is 154 cm³/mol.